The molecule has 0 bridgehead atoms. The third-order valence-electron chi connectivity index (χ3n) is 4.10. The first-order valence-electron chi connectivity index (χ1n) is 8.91. The van der Waals surface area contributed by atoms with Crippen LogP contribution in [0.4, 0.5) is 0 Å². The van der Waals surface area contributed by atoms with Gasteiger partial charge in [-0.2, -0.15) is 0 Å². The van der Waals surface area contributed by atoms with Gasteiger partial charge in [0.05, 0.1) is 15.1 Å². The normalized spacial score (nSPS) is 10.6. The summed E-state index contributed by atoms with van der Waals surface area (Å²) in [5, 5.41) is 18.0. The summed E-state index contributed by atoms with van der Waals surface area (Å²) in [4.78, 5) is 4.22. The zero-order valence-corrected chi connectivity index (χ0v) is 18.7. The van der Waals surface area contributed by atoms with Gasteiger partial charge >= 0.3 is 6.01 Å². The van der Waals surface area contributed by atoms with E-state index in [0.29, 0.717) is 14.6 Å². The highest BCUT2D eigenvalue weighted by Crippen LogP contribution is 2.36. The lowest BCUT2D eigenvalue weighted by Crippen LogP contribution is -2.01. The van der Waals surface area contributed by atoms with Gasteiger partial charge in [0.2, 0.25) is 0 Å². The minimum Gasteiger partial charge on any atom is -0.506 e. The van der Waals surface area contributed by atoms with Crippen molar-refractivity contribution in [3.63, 3.8) is 0 Å². The Morgan fingerprint density at radius 2 is 1.57 bits per heavy atom. The van der Waals surface area contributed by atoms with Gasteiger partial charge in [0.25, 0.3) is 0 Å². The van der Waals surface area contributed by atoms with E-state index in [9.17, 15) is 5.11 Å². The molecule has 0 radical (unpaired) electrons. The van der Waals surface area contributed by atoms with E-state index in [1.54, 1.807) is 18.3 Å². The van der Waals surface area contributed by atoms with Crippen LogP contribution < -0.4 is 9.47 Å². The first-order chi connectivity index (χ1) is 14.6. The fourth-order valence-corrected chi connectivity index (χ4v) is 3.83. The Balaban J connectivity index is 1.42. The lowest BCUT2D eigenvalue weighted by Gasteiger charge is -2.08. The van der Waals surface area contributed by atoms with Crippen molar-refractivity contribution in [2.45, 2.75) is 6.61 Å². The maximum absolute atomic E-state index is 9.83. The zero-order valence-electron chi connectivity index (χ0n) is 15.5. The number of aromatic nitrogens is 3. The van der Waals surface area contributed by atoms with Crippen molar-refractivity contribution < 1.29 is 14.6 Å². The zero-order chi connectivity index (χ0) is 20.9. The molecule has 0 saturated heterocycles. The molecule has 0 amide bonds. The number of halogens is 2. The molecule has 0 fully saturated rings. The fourth-order valence-electron chi connectivity index (χ4n) is 2.65. The molecule has 0 aliphatic heterocycles. The summed E-state index contributed by atoms with van der Waals surface area (Å²) in [6.45, 7) is 0.281. The molecular weight excluding hydrogens is 514 g/mol. The van der Waals surface area contributed by atoms with E-state index < -0.39 is 0 Å². The van der Waals surface area contributed by atoms with Crippen LogP contribution in [0.25, 0.3) is 11.3 Å². The molecule has 0 atom stereocenters. The summed E-state index contributed by atoms with van der Waals surface area (Å²) in [6.07, 6.45) is 1.57. The summed E-state index contributed by atoms with van der Waals surface area (Å²) in [6, 6.07) is 20.9. The van der Waals surface area contributed by atoms with E-state index in [0.717, 1.165) is 22.6 Å². The van der Waals surface area contributed by atoms with Crippen LogP contribution in [0, 0.1) is 0 Å². The van der Waals surface area contributed by atoms with Crippen molar-refractivity contribution >= 4 is 31.9 Å². The molecule has 0 aliphatic carbocycles. The van der Waals surface area contributed by atoms with Gasteiger partial charge in [0.1, 0.15) is 29.5 Å². The predicted octanol–water partition coefficient (Wildman–Crippen LogP) is 6.14. The molecule has 3 aromatic carbocycles. The molecular formula is C22H15Br2N3O3. The van der Waals surface area contributed by atoms with E-state index in [1.165, 1.54) is 0 Å². The number of hydrogen-bond donors (Lipinski definition) is 1. The molecule has 0 aliphatic rings. The van der Waals surface area contributed by atoms with E-state index in [2.05, 4.69) is 47.0 Å². The second-order valence-corrected chi connectivity index (χ2v) is 7.97. The smallest absolute Gasteiger partial charge is 0.336 e. The summed E-state index contributed by atoms with van der Waals surface area (Å²) >= 11 is 6.60. The summed E-state index contributed by atoms with van der Waals surface area (Å²) in [5.74, 6) is 1.62. The third kappa shape index (κ3) is 4.95. The fraction of sp³-hybridized carbons (Fsp3) is 0.0455. The molecule has 0 unspecified atom stereocenters. The van der Waals surface area contributed by atoms with Crippen LogP contribution >= 0.6 is 31.9 Å². The number of phenols is 1. The van der Waals surface area contributed by atoms with Gasteiger partial charge < -0.3 is 14.6 Å². The molecule has 8 heteroatoms. The highest BCUT2D eigenvalue weighted by molar-refractivity contribution is 9.11. The summed E-state index contributed by atoms with van der Waals surface area (Å²) in [5.41, 5.74) is 2.23. The minimum absolute atomic E-state index is 0.123. The number of benzene rings is 3. The highest BCUT2D eigenvalue weighted by Gasteiger charge is 2.10. The Hall–Kier alpha value is -2.97. The van der Waals surface area contributed by atoms with E-state index in [-0.39, 0.29) is 18.4 Å². The first-order valence-corrected chi connectivity index (χ1v) is 10.5. The van der Waals surface area contributed by atoms with E-state index >= 15 is 0 Å². The van der Waals surface area contributed by atoms with E-state index in [4.69, 9.17) is 9.47 Å². The van der Waals surface area contributed by atoms with Gasteiger partial charge in [-0.3, -0.25) is 0 Å². The van der Waals surface area contributed by atoms with Crippen LogP contribution in [-0.4, -0.2) is 20.3 Å². The van der Waals surface area contributed by atoms with Crippen molar-refractivity contribution in [2.75, 3.05) is 0 Å². The molecule has 1 aromatic heterocycles. The van der Waals surface area contributed by atoms with Gasteiger partial charge in [0, 0.05) is 5.56 Å². The molecule has 1 N–H and O–H groups in total. The monoisotopic (exact) mass is 527 g/mol. The maximum Gasteiger partial charge on any atom is 0.336 e. The van der Waals surface area contributed by atoms with Crippen molar-refractivity contribution in [3.05, 3.63) is 87.4 Å². The van der Waals surface area contributed by atoms with E-state index in [1.807, 2.05) is 54.6 Å². The van der Waals surface area contributed by atoms with Gasteiger partial charge in [-0.15, -0.1) is 5.10 Å². The van der Waals surface area contributed by atoms with Crippen LogP contribution in [0.15, 0.2) is 81.9 Å². The van der Waals surface area contributed by atoms with Crippen molar-refractivity contribution in [1.82, 2.24) is 15.2 Å². The second-order valence-electron chi connectivity index (χ2n) is 6.27. The topological polar surface area (TPSA) is 77.4 Å². The van der Waals surface area contributed by atoms with Crippen LogP contribution in [0.1, 0.15) is 5.56 Å². The largest absolute Gasteiger partial charge is 0.506 e. The average molecular weight is 529 g/mol. The number of para-hydroxylation sites is 1. The SMILES string of the molecule is Oc1c(Br)cc(-c2cnc(OCc3cccc(Oc4ccccc4)c3)nn2)cc1Br. The van der Waals surface area contributed by atoms with Gasteiger partial charge in [-0.1, -0.05) is 35.4 Å². The van der Waals surface area contributed by atoms with Gasteiger partial charge in [-0.05, 0) is 73.8 Å². The van der Waals surface area contributed by atoms with Crippen molar-refractivity contribution in [2.24, 2.45) is 0 Å². The molecule has 150 valence electrons. The lowest BCUT2D eigenvalue weighted by molar-refractivity contribution is 0.276. The van der Waals surface area contributed by atoms with Crippen molar-refractivity contribution in [3.8, 4) is 34.5 Å². The molecule has 6 nitrogen and oxygen atoms in total. The Labute approximate surface area is 189 Å². The predicted molar refractivity (Wildman–Crippen MR) is 120 cm³/mol. The standard InChI is InChI=1S/C22H15Br2N3O3/c23-18-10-15(11-19(24)21(18)28)20-12-25-22(27-26-20)29-13-14-5-4-8-17(9-14)30-16-6-2-1-3-7-16/h1-12,28H,13H2. The van der Waals surface area contributed by atoms with Crippen LogP contribution in [0.3, 0.4) is 0 Å². The molecule has 4 rings (SSSR count). The third-order valence-corrected chi connectivity index (χ3v) is 5.31. The minimum atomic E-state index is 0.123. The second kappa shape index (κ2) is 9.23. The van der Waals surface area contributed by atoms with Crippen LogP contribution in [0.2, 0.25) is 0 Å². The number of aromatic hydroxyl groups is 1. The number of phenolic OH excluding ortho intramolecular Hbond substituents is 1. The maximum atomic E-state index is 9.83. The number of rotatable bonds is 6. The summed E-state index contributed by atoms with van der Waals surface area (Å²) in [7, 11) is 0. The van der Waals surface area contributed by atoms with Gasteiger partial charge in [0.15, 0.2) is 0 Å². The Bertz CT molecular complexity index is 1130. The number of hydrogen-bond acceptors (Lipinski definition) is 6. The number of ether oxygens (including phenoxy) is 2. The molecule has 30 heavy (non-hydrogen) atoms. The molecule has 0 saturated carbocycles. The highest BCUT2D eigenvalue weighted by atomic mass is 79.9. The molecule has 1 heterocycles. The quantitative estimate of drug-likeness (QED) is 0.324. The van der Waals surface area contributed by atoms with Crippen molar-refractivity contribution in [1.29, 1.82) is 0 Å². The number of nitrogens with zero attached hydrogens (tertiary/aromatic N) is 3. The van der Waals surface area contributed by atoms with Gasteiger partial charge in [-0.25, -0.2) is 4.98 Å². The molecule has 4 aromatic rings. The van der Waals surface area contributed by atoms with Crippen LogP contribution in [0.5, 0.6) is 23.3 Å². The van der Waals surface area contributed by atoms with Crippen LogP contribution in [-0.2, 0) is 6.61 Å². The lowest BCUT2D eigenvalue weighted by atomic mass is 10.1. The Morgan fingerprint density at radius 1 is 0.833 bits per heavy atom. The Morgan fingerprint density at radius 3 is 2.27 bits per heavy atom. The Kier molecular flexibility index (Phi) is 6.25. The first kappa shape index (κ1) is 20.3. The average Bonchev–Trinajstić information content (AvgIpc) is 2.77. The molecule has 0 spiro atoms. The summed E-state index contributed by atoms with van der Waals surface area (Å²) < 4.78 is 12.6.